The number of methoxy groups -OCH3 is 2. The third-order valence-corrected chi connectivity index (χ3v) is 2.23. The van der Waals surface area contributed by atoms with Gasteiger partial charge in [0.1, 0.15) is 0 Å². The number of nitrogens with one attached hydrogen (secondary N) is 1. The molecule has 0 aromatic heterocycles. The van der Waals surface area contributed by atoms with E-state index in [0.29, 0.717) is 0 Å². The van der Waals surface area contributed by atoms with Crippen LogP contribution in [0.2, 0.25) is 0 Å². The van der Waals surface area contributed by atoms with Crippen molar-refractivity contribution in [2.24, 2.45) is 5.92 Å². The molecular formula is C8H16ClNO3. The van der Waals surface area contributed by atoms with Crippen molar-refractivity contribution in [3.63, 3.8) is 0 Å². The van der Waals surface area contributed by atoms with Gasteiger partial charge >= 0.3 is 5.97 Å². The normalized spacial score (nSPS) is 27.5. The lowest BCUT2D eigenvalue weighted by Crippen LogP contribution is -2.45. The van der Waals surface area contributed by atoms with Gasteiger partial charge in [0.05, 0.1) is 19.1 Å². The largest absolute Gasteiger partial charge is 0.469 e. The van der Waals surface area contributed by atoms with E-state index in [4.69, 9.17) is 4.74 Å². The molecule has 0 spiro atoms. The Labute approximate surface area is 84.4 Å². The van der Waals surface area contributed by atoms with Crippen LogP contribution in [0.4, 0.5) is 0 Å². The zero-order chi connectivity index (χ0) is 8.97. The van der Waals surface area contributed by atoms with Gasteiger partial charge in [0.15, 0.2) is 0 Å². The highest BCUT2D eigenvalue weighted by molar-refractivity contribution is 5.85. The average molecular weight is 210 g/mol. The summed E-state index contributed by atoms with van der Waals surface area (Å²) in [4.78, 5) is 11.2. The molecule has 5 heteroatoms. The van der Waals surface area contributed by atoms with E-state index in [-0.39, 0.29) is 30.4 Å². The number of hydrogen-bond donors (Lipinski definition) is 1. The van der Waals surface area contributed by atoms with Gasteiger partial charge in [-0.1, -0.05) is 0 Å². The summed E-state index contributed by atoms with van der Waals surface area (Å²) in [6.07, 6.45) is 0.761. The van der Waals surface area contributed by atoms with E-state index in [0.717, 1.165) is 19.5 Å². The van der Waals surface area contributed by atoms with Crippen molar-refractivity contribution in [3.05, 3.63) is 0 Å². The van der Waals surface area contributed by atoms with Gasteiger partial charge in [-0.25, -0.2) is 0 Å². The van der Waals surface area contributed by atoms with Crippen molar-refractivity contribution in [3.8, 4) is 0 Å². The second kappa shape index (κ2) is 6.18. The van der Waals surface area contributed by atoms with Crippen LogP contribution in [-0.2, 0) is 14.3 Å². The number of carbonyl (C=O) groups excluding carboxylic acids is 1. The fraction of sp³-hybridized carbons (Fsp3) is 0.875. The molecule has 0 amide bonds. The highest BCUT2D eigenvalue weighted by Gasteiger charge is 2.31. The number of piperidine rings is 1. The molecule has 1 saturated heterocycles. The summed E-state index contributed by atoms with van der Waals surface area (Å²) in [5, 5.41) is 3.16. The number of carbonyl (C=O) groups is 1. The molecule has 1 rings (SSSR count). The molecule has 2 atom stereocenters. The van der Waals surface area contributed by atoms with Crippen LogP contribution >= 0.6 is 12.4 Å². The number of rotatable bonds is 2. The molecule has 4 nitrogen and oxygen atoms in total. The molecule has 0 aromatic carbocycles. The van der Waals surface area contributed by atoms with Gasteiger partial charge in [0.2, 0.25) is 0 Å². The van der Waals surface area contributed by atoms with Crippen LogP contribution in [0.3, 0.4) is 0 Å². The molecule has 13 heavy (non-hydrogen) atoms. The molecule has 1 aliphatic rings. The fourth-order valence-corrected chi connectivity index (χ4v) is 1.50. The van der Waals surface area contributed by atoms with Crippen molar-refractivity contribution in [1.82, 2.24) is 5.32 Å². The van der Waals surface area contributed by atoms with Gasteiger partial charge in [-0.2, -0.15) is 0 Å². The fourth-order valence-electron chi connectivity index (χ4n) is 1.50. The van der Waals surface area contributed by atoms with E-state index in [1.165, 1.54) is 7.11 Å². The first-order chi connectivity index (χ1) is 5.79. The lowest BCUT2D eigenvalue weighted by atomic mass is 9.95. The smallest absolute Gasteiger partial charge is 0.311 e. The van der Waals surface area contributed by atoms with Crippen LogP contribution in [0.1, 0.15) is 6.42 Å². The summed E-state index contributed by atoms with van der Waals surface area (Å²) in [7, 11) is 3.03. The second-order valence-corrected chi connectivity index (χ2v) is 2.90. The van der Waals surface area contributed by atoms with Crippen LogP contribution in [-0.4, -0.2) is 39.4 Å². The predicted molar refractivity (Wildman–Crippen MR) is 51.0 cm³/mol. The molecule has 0 bridgehead atoms. The lowest BCUT2D eigenvalue weighted by molar-refractivity contribution is -0.151. The van der Waals surface area contributed by atoms with Crippen molar-refractivity contribution in [2.45, 2.75) is 12.5 Å². The summed E-state index contributed by atoms with van der Waals surface area (Å²) in [6, 6.07) is 0. The SMILES string of the molecule is COC(=O)C1CCNCC1OC.Cl. The maximum Gasteiger partial charge on any atom is 0.311 e. The highest BCUT2D eigenvalue weighted by atomic mass is 35.5. The van der Waals surface area contributed by atoms with Gasteiger partial charge in [-0.3, -0.25) is 4.79 Å². The molecule has 78 valence electrons. The minimum atomic E-state index is -0.164. The molecule has 1 fully saturated rings. The zero-order valence-electron chi connectivity index (χ0n) is 7.91. The van der Waals surface area contributed by atoms with Crippen molar-refractivity contribution >= 4 is 18.4 Å². The van der Waals surface area contributed by atoms with Gasteiger partial charge < -0.3 is 14.8 Å². The third kappa shape index (κ3) is 3.14. The number of halogens is 1. The number of hydrogen-bond acceptors (Lipinski definition) is 4. The molecule has 1 heterocycles. The van der Waals surface area contributed by atoms with E-state index in [9.17, 15) is 4.79 Å². The summed E-state index contributed by atoms with van der Waals surface area (Å²) < 4.78 is 9.84. The maximum atomic E-state index is 11.2. The molecule has 1 N–H and O–H groups in total. The van der Waals surface area contributed by atoms with Crippen molar-refractivity contribution < 1.29 is 14.3 Å². The minimum absolute atomic E-state index is 0. The highest BCUT2D eigenvalue weighted by Crippen LogP contribution is 2.16. The van der Waals surface area contributed by atoms with E-state index in [2.05, 4.69) is 10.1 Å². The summed E-state index contributed by atoms with van der Waals surface area (Å²) in [5.41, 5.74) is 0. The van der Waals surface area contributed by atoms with Crippen molar-refractivity contribution in [1.29, 1.82) is 0 Å². The Morgan fingerprint density at radius 2 is 2.15 bits per heavy atom. The molecule has 0 aliphatic carbocycles. The standard InChI is InChI=1S/C8H15NO3.ClH/c1-11-7-5-9-4-3-6(7)8(10)12-2;/h6-7,9H,3-5H2,1-2H3;1H. The third-order valence-electron chi connectivity index (χ3n) is 2.23. The van der Waals surface area contributed by atoms with Crippen molar-refractivity contribution in [2.75, 3.05) is 27.3 Å². The van der Waals surface area contributed by atoms with Gasteiger partial charge in [-0.15, -0.1) is 12.4 Å². The predicted octanol–water partition coefficient (Wildman–Crippen LogP) is 0.206. The first-order valence-corrected chi connectivity index (χ1v) is 4.11. The summed E-state index contributed by atoms with van der Waals surface area (Å²) in [6.45, 7) is 1.59. The van der Waals surface area contributed by atoms with Crippen LogP contribution in [0, 0.1) is 5.92 Å². The Morgan fingerprint density at radius 1 is 1.46 bits per heavy atom. The van der Waals surface area contributed by atoms with E-state index >= 15 is 0 Å². The number of ether oxygens (including phenoxy) is 2. The number of esters is 1. The van der Waals surface area contributed by atoms with E-state index < -0.39 is 0 Å². The first-order valence-electron chi connectivity index (χ1n) is 4.11. The Morgan fingerprint density at radius 3 is 2.69 bits per heavy atom. The summed E-state index contributed by atoms with van der Waals surface area (Å²) >= 11 is 0. The Bertz CT molecular complexity index is 165. The monoisotopic (exact) mass is 209 g/mol. The van der Waals surface area contributed by atoms with Gasteiger partial charge in [0, 0.05) is 13.7 Å². The zero-order valence-corrected chi connectivity index (χ0v) is 8.73. The van der Waals surface area contributed by atoms with Crippen LogP contribution in [0.25, 0.3) is 0 Å². The van der Waals surface area contributed by atoms with Gasteiger partial charge in [0.25, 0.3) is 0 Å². The maximum absolute atomic E-state index is 11.2. The van der Waals surface area contributed by atoms with E-state index in [1.807, 2.05) is 0 Å². The minimum Gasteiger partial charge on any atom is -0.469 e. The molecule has 0 saturated carbocycles. The van der Waals surface area contributed by atoms with E-state index in [1.54, 1.807) is 7.11 Å². The second-order valence-electron chi connectivity index (χ2n) is 2.90. The molecule has 0 radical (unpaired) electrons. The Kier molecular flexibility index (Phi) is 6.03. The topological polar surface area (TPSA) is 47.6 Å². The van der Waals surface area contributed by atoms with Gasteiger partial charge in [-0.05, 0) is 13.0 Å². The quantitative estimate of drug-likeness (QED) is 0.661. The average Bonchev–Trinajstić information content (AvgIpc) is 2.16. The Hall–Kier alpha value is -0.320. The molecule has 0 aromatic rings. The molecule has 2 unspecified atom stereocenters. The van der Waals surface area contributed by atoms with Crippen LogP contribution < -0.4 is 5.32 Å². The Balaban J connectivity index is 0.00000144. The first kappa shape index (κ1) is 12.7. The van der Waals surface area contributed by atoms with Crippen LogP contribution in [0.15, 0.2) is 0 Å². The molecule has 1 aliphatic heterocycles. The summed E-state index contributed by atoms with van der Waals surface area (Å²) in [5.74, 6) is -0.260. The van der Waals surface area contributed by atoms with Crippen LogP contribution in [0.5, 0.6) is 0 Å². The lowest BCUT2D eigenvalue weighted by Gasteiger charge is -2.28. The molecular weight excluding hydrogens is 194 g/mol.